The van der Waals surface area contributed by atoms with Gasteiger partial charge in [0.2, 0.25) is 0 Å². The van der Waals surface area contributed by atoms with Gasteiger partial charge in [-0.15, -0.1) is 0 Å². The maximum Gasteiger partial charge on any atom is 0.0571 e. The van der Waals surface area contributed by atoms with Crippen LogP contribution in [0.4, 0.5) is 0 Å². The molecule has 0 unspecified atom stereocenters. The summed E-state index contributed by atoms with van der Waals surface area (Å²) in [5, 5.41) is 16.8. The summed E-state index contributed by atoms with van der Waals surface area (Å²) in [6.07, 6.45) is 4.47. The van der Waals surface area contributed by atoms with Crippen LogP contribution in [0.3, 0.4) is 0 Å². The van der Waals surface area contributed by atoms with Crippen LogP contribution in [0.1, 0.15) is 16.7 Å². The molecule has 33 heavy (non-hydrogen) atoms. The van der Waals surface area contributed by atoms with Crippen molar-refractivity contribution in [1.82, 2.24) is 0 Å². The highest BCUT2D eigenvalue weighted by Gasteiger charge is 2.15. The van der Waals surface area contributed by atoms with Gasteiger partial charge in [-0.25, -0.2) is 0 Å². The van der Waals surface area contributed by atoms with Crippen LogP contribution in [-0.4, -0.2) is 0 Å². The predicted molar refractivity (Wildman–Crippen MR) is 156 cm³/mol. The lowest BCUT2D eigenvalue weighted by Crippen LogP contribution is -2.16. The number of hydrogen-bond acceptors (Lipinski definition) is 4. The van der Waals surface area contributed by atoms with E-state index in [1.165, 1.54) is 57.1 Å². The first kappa shape index (κ1) is 21.3. The van der Waals surface area contributed by atoms with Crippen LogP contribution >= 0.6 is 47.0 Å². The average molecular weight is 497 g/mol. The second kappa shape index (κ2) is 9.19. The lowest BCUT2D eigenvalue weighted by molar-refractivity contribution is 1.45. The van der Waals surface area contributed by atoms with Gasteiger partial charge in [-0.05, 0) is 72.9 Å². The van der Waals surface area contributed by atoms with Crippen LogP contribution in [0.5, 0.6) is 0 Å². The van der Waals surface area contributed by atoms with Gasteiger partial charge in [0.25, 0.3) is 0 Å². The standard InChI is InChI=1S/C29H20S4/c1-19-6-2-3-7-21(19)12-10-20-11-13-24-25(18-20)27(29-32-16-17-33-29)23-9-5-4-8-22(23)26(24)28-30-14-15-31-28/h2-18H,1H3/b12-10+. The van der Waals surface area contributed by atoms with Gasteiger partial charge >= 0.3 is 0 Å². The Morgan fingerprint density at radius 2 is 1.09 bits per heavy atom. The van der Waals surface area contributed by atoms with Gasteiger partial charge in [-0.2, -0.15) is 0 Å². The minimum atomic E-state index is 1.23. The van der Waals surface area contributed by atoms with Gasteiger partial charge in [0.05, 0.1) is 8.47 Å². The average Bonchev–Trinajstić information content (AvgIpc) is 3.56. The summed E-state index contributed by atoms with van der Waals surface area (Å²) in [6.45, 7) is 2.16. The molecule has 4 aromatic rings. The Kier molecular flexibility index (Phi) is 5.93. The molecular weight excluding hydrogens is 477 g/mol. The maximum atomic E-state index is 2.38. The third-order valence-corrected chi connectivity index (χ3v) is 10.2. The lowest BCUT2D eigenvalue weighted by Gasteiger charge is -2.12. The van der Waals surface area contributed by atoms with E-state index in [0.29, 0.717) is 0 Å². The first-order valence-corrected chi connectivity index (χ1v) is 14.2. The fourth-order valence-electron chi connectivity index (χ4n) is 4.35. The Morgan fingerprint density at radius 1 is 0.545 bits per heavy atom. The van der Waals surface area contributed by atoms with Crippen molar-refractivity contribution in [3.63, 3.8) is 0 Å². The topological polar surface area (TPSA) is 0 Å². The summed E-state index contributed by atoms with van der Waals surface area (Å²) in [7, 11) is 0. The van der Waals surface area contributed by atoms with Crippen molar-refractivity contribution in [2.24, 2.45) is 0 Å². The van der Waals surface area contributed by atoms with Crippen LogP contribution in [0.25, 0.3) is 42.2 Å². The van der Waals surface area contributed by atoms with E-state index < -0.39 is 0 Å². The Bertz CT molecular complexity index is 1600. The van der Waals surface area contributed by atoms with Gasteiger partial charge in [0.1, 0.15) is 0 Å². The zero-order valence-electron chi connectivity index (χ0n) is 17.9. The van der Waals surface area contributed by atoms with E-state index in [-0.39, 0.29) is 0 Å². The third-order valence-electron chi connectivity index (χ3n) is 5.91. The van der Waals surface area contributed by atoms with Crippen molar-refractivity contribution in [2.75, 3.05) is 0 Å². The fourth-order valence-corrected chi connectivity index (χ4v) is 8.19. The summed E-state index contributed by atoms with van der Waals surface area (Å²) in [4.78, 5) is 0. The van der Waals surface area contributed by atoms with Gasteiger partial charge in [0.15, 0.2) is 0 Å². The summed E-state index contributed by atoms with van der Waals surface area (Å²) in [6, 6.07) is 24.4. The number of aryl methyl sites for hydroxylation is 1. The van der Waals surface area contributed by atoms with Gasteiger partial charge in [-0.3, -0.25) is 0 Å². The Hall–Kier alpha value is -2.24. The molecule has 0 amide bonds. The highest BCUT2D eigenvalue weighted by Crippen LogP contribution is 2.41. The zero-order chi connectivity index (χ0) is 22.2. The molecule has 4 aromatic carbocycles. The first-order chi connectivity index (χ1) is 16.3. The minimum Gasteiger partial charge on any atom is -0.0895 e. The molecule has 0 spiro atoms. The highest BCUT2D eigenvalue weighted by molar-refractivity contribution is 8.35. The van der Waals surface area contributed by atoms with E-state index in [0.717, 1.165) is 0 Å². The Balaban J connectivity index is 1.68. The molecule has 0 aliphatic carbocycles. The molecule has 0 saturated carbocycles. The number of fused-ring (bicyclic) bond motifs is 2. The SMILES string of the molecule is Cc1ccccc1/C=C/c1ccc2c(=C3SC=CS3)c3ccccc3c(=C3SC=CS3)c2c1. The lowest BCUT2D eigenvalue weighted by atomic mass is 9.97. The van der Waals surface area contributed by atoms with Crippen LogP contribution in [0.2, 0.25) is 0 Å². The quantitative estimate of drug-likeness (QED) is 0.201. The van der Waals surface area contributed by atoms with Crippen LogP contribution < -0.4 is 10.4 Å². The molecular formula is C29H20S4. The number of thioether (sulfide) groups is 4. The summed E-state index contributed by atoms with van der Waals surface area (Å²) >= 11 is 7.33. The number of benzene rings is 4. The molecule has 4 heteroatoms. The normalized spacial score (nSPS) is 15.7. The largest absolute Gasteiger partial charge is 0.0895 e. The molecule has 0 nitrogen and oxygen atoms in total. The molecule has 0 fully saturated rings. The molecule has 6 rings (SSSR count). The van der Waals surface area contributed by atoms with E-state index in [2.05, 4.69) is 107 Å². The van der Waals surface area contributed by atoms with Gasteiger partial charge in [0, 0.05) is 10.4 Å². The Labute approximate surface area is 210 Å². The molecule has 0 atom stereocenters. The van der Waals surface area contributed by atoms with Crippen LogP contribution in [0.15, 0.2) is 88.4 Å². The van der Waals surface area contributed by atoms with Crippen molar-refractivity contribution in [3.05, 3.63) is 115 Å². The predicted octanol–water partition coefficient (Wildman–Crippen LogP) is 8.51. The Morgan fingerprint density at radius 3 is 1.73 bits per heavy atom. The zero-order valence-corrected chi connectivity index (χ0v) is 21.2. The van der Waals surface area contributed by atoms with E-state index in [4.69, 9.17) is 0 Å². The van der Waals surface area contributed by atoms with E-state index in [1.54, 1.807) is 0 Å². The molecule has 0 bridgehead atoms. The van der Waals surface area contributed by atoms with Crippen LogP contribution in [-0.2, 0) is 0 Å². The summed E-state index contributed by atoms with van der Waals surface area (Å²) < 4.78 is 2.72. The van der Waals surface area contributed by atoms with E-state index in [9.17, 15) is 0 Å². The van der Waals surface area contributed by atoms with Crippen LogP contribution in [0, 0.1) is 6.92 Å². The molecule has 2 aliphatic rings. The summed E-state index contributed by atoms with van der Waals surface area (Å²) in [5.74, 6) is 0. The van der Waals surface area contributed by atoms with Crippen molar-refractivity contribution in [2.45, 2.75) is 6.92 Å². The fraction of sp³-hybridized carbons (Fsp3) is 0.0345. The molecule has 0 radical (unpaired) electrons. The van der Waals surface area contributed by atoms with Crippen molar-refractivity contribution >= 4 is 89.2 Å². The van der Waals surface area contributed by atoms with E-state index in [1.807, 2.05) is 47.0 Å². The van der Waals surface area contributed by atoms with Gasteiger partial charge < -0.3 is 0 Å². The van der Waals surface area contributed by atoms with Crippen molar-refractivity contribution in [3.8, 4) is 0 Å². The third kappa shape index (κ3) is 4.00. The minimum absolute atomic E-state index is 1.23. The van der Waals surface area contributed by atoms with E-state index >= 15 is 0 Å². The van der Waals surface area contributed by atoms with Crippen molar-refractivity contribution < 1.29 is 0 Å². The maximum absolute atomic E-state index is 2.38. The van der Waals surface area contributed by atoms with Gasteiger partial charge in [-0.1, -0.05) is 120 Å². The molecule has 0 aromatic heterocycles. The molecule has 0 saturated heterocycles. The second-order valence-electron chi connectivity index (χ2n) is 7.88. The summed E-state index contributed by atoms with van der Waals surface area (Å²) in [5.41, 5.74) is 3.78. The van der Waals surface area contributed by atoms with Crippen molar-refractivity contribution in [1.29, 1.82) is 0 Å². The molecule has 2 heterocycles. The highest BCUT2D eigenvalue weighted by atomic mass is 32.2. The molecule has 160 valence electrons. The first-order valence-electron chi connectivity index (χ1n) is 10.7. The second-order valence-corrected chi connectivity index (χ2v) is 12.1. The smallest absolute Gasteiger partial charge is 0.0571 e. The number of rotatable bonds is 2. The molecule has 2 aliphatic heterocycles. The number of hydrogen-bond donors (Lipinski definition) is 0. The monoisotopic (exact) mass is 496 g/mol. The molecule has 0 N–H and O–H groups in total.